The SMILES string of the molecule is CCN(CC)c1ccc(NC(=O)N/C=C/c2ccccc2F)c(C)c1. The van der Waals surface area contributed by atoms with Gasteiger partial charge in [0.15, 0.2) is 0 Å². The molecular formula is C20H24FN3O. The molecule has 0 aliphatic heterocycles. The Morgan fingerprint density at radius 2 is 1.88 bits per heavy atom. The molecule has 0 radical (unpaired) electrons. The maximum Gasteiger partial charge on any atom is 0.323 e. The minimum Gasteiger partial charge on any atom is -0.372 e. The first-order valence-corrected chi connectivity index (χ1v) is 8.39. The van der Waals surface area contributed by atoms with Crippen LogP contribution < -0.4 is 15.5 Å². The molecular weight excluding hydrogens is 317 g/mol. The summed E-state index contributed by atoms with van der Waals surface area (Å²) in [6, 6.07) is 11.9. The van der Waals surface area contributed by atoms with Crippen molar-refractivity contribution < 1.29 is 9.18 Å². The van der Waals surface area contributed by atoms with Crippen LogP contribution in [0.5, 0.6) is 0 Å². The zero-order valence-electron chi connectivity index (χ0n) is 14.8. The summed E-state index contributed by atoms with van der Waals surface area (Å²) in [4.78, 5) is 14.2. The van der Waals surface area contributed by atoms with Crippen LogP contribution in [0, 0.1) is 12.7 Å². The van der Waals surface area contributed by atoms with Gasteiger partial charge in [-0.05, 0) is 56.7 Å². The van der Waals surface area contributed by atoms with Gasteiger partial charge in [0.25, 0.3) is 0 Å². The van der Waals surface area contributed by atoms with Crippen LogP contribution in [0.3, 0.4) is 0 Å². The number of hydrogen-bond acceptors (Lipinski definition) is 2. The third-order valence-corrected chi connectivity index (χ3v) is 3.97. The Bertz CT molecular complexity index is 754. The molecule has 4 nitrogen and oxygen atoms in total. The molecule has 2 rings (SSSR count). The molecule has 0 heterocycles. The van der Waals surface area contributed by atoms with Crippen LogP contribution in [-0.4, -0.2) is 19.1 Å². The van der Waals surface area contributed by atoms with Gasteiger partial charge in [0.1, 0.15) is 5.82 Å². The molecule has 0 saturated heterocycles. The van der Waals surface area contributed by atoms with E-state index in [1.165, 1.54) is 18.3 Å². The van der Waals surface area contributed by atoms with E-state index >= 15 is 0 Å². The molecule has 0 saturated carbocycles. The van der Waals surface area contributed by atoms with Crippen LogP contribution in [0.2, 0.25) is 0 Å². The van der Waals surface area contributed by atoms with Gasteiger partial charge in [0, 0.05) is 36.2 Å². The van der Waals surface area contributed by atoms with Crippen LogP contribution in [0.1, 0.15) is 25.0 Å². The highest BCUT2D eigenvalue weighted by molar-refractivity contribution is 5.91. The zero-order chi connectivity index (χ0) is 18.2. The topological polar surface area (TPSA) is 44.4 Å². The van der Waals surface area contributed by atoms with E-state index in [2.05, 4.69) is 35.4 Å². The predicted octanol–water partition coefficient (Wildman–Crippen LogP) is 4.77. The zero-order valence-corrected chi connectivity index (χ0v) is 14.8. The van der Waals surface area contributed by atoms with Crippen molar-refractivity contribution in [1.82, 2.24) is 5.32 Å². The monoisotopic (exact) mass is 341 g/mol. The lowest BCUT2D eigenvalue weighted by atomic mass is 10.1. The summed E-state index contributed by atoms with van der Waals surface area (Å²) >= 11 is 0. The number of hydrogen-bond donors (Lipinski definition) is 2. The van der Waals surface area contributed by atoms with E-state index in [1.807, 2.05) is 19.1 Å². The maximum atomic E-state index is 13.5. The fourth-order valence-corrected chi connectivity index (χ4v) is 2.55. The molecule has 0 spiro atoms. The van der Waals surface area contributed by atoms with Crippen molar-refractivity contribution in [3.63, 3.8) is 0 Å². The van der Waals surface area contributed by atoms with Crippen LogP contribution in [-0.2, 0) is 0 Å². The predicted molar refractivity (Wildman–Crippen MR) is 102 cm³/mol. The van der Waals surface area contributed by atoms with Crippen molar-refractivity contribution in [2.24, 2.45) is 0 Å². The number of rotatable bonds is 6. The number of nitrogens with zero attached hydrogens (tertiary/aromatic N) is 1. The van der Waals surface area contributed by atoms with Crippen LogP contribution in [0.15, 0.2) is 48.7 Å². The van der Waals surface area contributed by atoms with Gasteiger partial charge in [0.2, 0.25) is 0 Å². The lowest BCUT2D eigenvalue weighted by Gasteiger charge is -2.22. The first-order valence-electron chi connectivity index (χ1n) is 8.39. The van der Waals surface area contributed by atoms with E-state index in [0.717, 1.165) is 30.0 Å². The summed E-state index contributed by atoms with van der Waals surface area (Å²) < 4.78 is 13.5. The average Bonchev–Trinajstić information content (AvgIpc) is 2.60. The molecule has 5 heteroatoms. The van der Waals surface area contributed by atoms with E-state index in [-0.39, 0.29) is 11.8 Å². The number of amides is 2. The summed E-state index contributed by atoms with van der Waals surface area (Å²) in [6.45, 7) is 8.05. The van der Waals surface area contributed by atoms with E-state index in [4.69, 9.17) is 0 Å². The Hall–Kier alpha value is -2.82. The third kappa shape index (κ3) is 5.08. The van der Waals surface area contributed by atoms with Crippen molar-refractivity contribution in [3.05, 3.63) is 65.6 Å². The van der Waals surface area contributed by atoms with Gasteiger partial charge >= 0.3 is 6.03 Å². The molecule has 0 atom stereocenters. The fraction of sp³-hybridized carbons (Fsp3) is 0.250. The lowest BCUT2D eigenvalue weighted by molar-refractivity contribution is 0.255. The molecule has 0 bridgehead atoms. The number of halogens is 1. The van der Waals surface area contributed by atoms with E-state index in [9.17, 15) is 9.18 Å². The summed E-state index contributed by atoms with van der Waals surface area (Å²) in [5.74, 6) is -0.330. The van der Waals surface area contributed by atoms with Gasteiger partial charge in [-0.3, -0.25) is 0 Å². The van der Waals surface area contributed by atoms with E-state index < -0.39 is 0 Å². The molecule has 0 aliphatic carbocycles. The van der Waals surface area contributed by atoms with Crippen molar-refractivity contribution >= 4 is 23.5 Å². The minimum absolute atomic E-state index is 0.330. The first kappa shape index (κ1) is 18.5. The van der Waals surface area contributed by atoms with Crippen LogP contribution >= 0.6 is 0 Å². The summed E-state index contributed by atoms with van der Waals surface area (Å²) in [5, 5.41) is 5.39. The summed E-state index contributed by atoms with van der Waals surface area (Å²) in [5.41, 5.74) is 3.28. The van der Waals surface area contributed by atoms with Gasteiger partial charge < -0.3 is 15.5 Å². The lowest BCUT2D eigenvalue weighted by Crippen LogP contribution is -2.25. The number of benzene rings is 2. The Morgan fingerprint density at radius 1 is 1.16 bits per heavy atom. The smallest absolute Gasteiger partial charge is 0.323 e. The normalized spacial score (nSPS) is 10.7. The first-order chi connectivity index (χ1) is 12.0. The van der Waals surface area contributed by atoms with Crippen LogP contribution in [0.25, 0.3) is 6.08 Å². The number of carbonyl (C=O) groups excluding carboxylic acids is 1. The number of carbonyl (C=O) groups is 1. The van der Waals surface area contributed by atoms with Gasteiger partial charge in [-0.25, -0.2) is 9.18 Å². The average molecular weight is 341 g/mol. The number of aryl methyl sites for hydroxylation is 1. The molecule has 2 amide bonds. The highest BCUT2D eigenvalue weighted by atomic mass is 19.1. The highest BCUT2D eigenvalue weighted by Crippen LogP contribution is 2.22. The quantitative estimate of drug-likeness (QED) is 0.795. The molecule has 0 aromatic heterocycles. The Balaban J connectivity index is 1.97. The molecule has 0 aliphatic rings. The van der Waals surface area contributed by atoms with E-state index in [0.29, 0.717) is 5.56 Å². The van der Waals surface area contributed by atoms with Crippen LogP contribution in [0.4, 0.5) is 20.6 Å². The molecule has 2 N–H and O–H groups in total. The molecule has 0 fully saturated rings. The molecule has 2 aromatic rings. The second-order valence-corrected chi connectivity index (χ2v) is 5.62. The maximum absolute atomic E-state index is 13.5. The van der Waals surface area contributed by atoms with Gasteiger partial charge in [-0.1, -0.05) is 18.2 Å². The second kappa shape index (κ2) is 8.87. The Morgan fingerprint density at radius 3 is 2.52 bits per heavy atom. The summed E-state index contributed by atoms with van der Waals surface area (Å²) in [7, 11) is 0. The highest BCUT2D eigenvalue weighted by Gasteiger charge is 2.07. The van der Waals surface area contributed by atoms with Gasteiger partial charge in [-0.15, -0.1) is 0 Å². The molecule has 2 aromatic carbocycles. The van der Waals surface area contributed by atoms with Crippen molar-refractivity contribution in [2.45, 2.75) is 20.8 Å². The van der Waals surface area contributed by atoms with Crippen molar-refractivity contribution in [3.8, 4) is 0 Å². The number of nitrogens with one attached hydrogen (secondary N) is 2. The minimum atomic E-state index is -0.369. The van der Waals surface area contributed by atoms with Gasteiger partial charge in [-0.2, -0.15) is 0 Å². The third-order valence-electron chi connectivity index (χ3n) is 3.97. The Kier molecular flexibility index (Phi) is 6.57. The molecule has 0 unspecified atom stereocenters. The summed E-state index contributed by atoms with van der Waals surface area (Å²) in [6.07, 6.45) is 2.94. The van der Waals surface area contributed by atoms with E-state index in [1.54, 1.807) is 18.2 Å². The van der Waals surface area contributed by atoms with Crippen molar-refractivity contribution in [1.29, 1.82) is 0 Å². The fourth-order valence-electron chi connectivity index (χ4n) is 2.55. The Labute approximate surface area is 148 Å². The standard InChI is InChI=1S/C20H24FN3O/c1-4-24(5-2)17-10-11-19(15(3)14-17)23-20(25)22-13-12-16-8-6-7-9-18(16)21/h6-14H,4-5H2,1-3H3,(H2,22,23,25)/b13-12+. The number of anilines is 2. The largest absolute Gasteiger partial charge is 0.372 e. The van der Waals surface area contributed by atoms with Gasteiger partial charge in [0.05, 0.1) is 0 Å². The second-order valence-electron chi connectivity index (χ2n) is 5.62. The molecule has 132 valence electrons. The number of urea groups is 1. The van der Waals surface area contributed by atoms with Crippen molar-refractivity contribution in [2.75, 3.05) is 23.3 Å². The molecule has 25 heavy (non-hydrogen) atoms.